The zero-order chi connectivity index (χ0) is 16.8. The Morgan fingerprint density at radius 2 is 1.21 bits per heavy atom. The van der Waals surface area contributed by atoms with E-state index in [1.165, 1.54) is 14.2 Å². The number of carbonyl (C=O) groups is 2. The lowest BCUT2D eigenvalue weighted by molar-refractivity contribution is -0.143. The summed E-state index contributed by atoms with van der Waals surface area (Å²) in [7, 11) is 2.86. The van der Waals surface area contributed by atoms with Crippen molar-refractivity contribution in [1.82, 2.24) is 0 Å². The van der Waals surface area contributed by atoms with Crippen LogP contribution in [0.4, 0.5) is 0 Å². The molecule has 0 amide bonds. The fourth-order valence-electron chi connectivity index (χ4n) is 4.14. The summed E-state index contributed by atoms with van der Waals surface area (Å²) in [4.78, 5) is 24.6. The Morgan fingerprint density at radius 1 is 0.792 bits per heavy atom. The van der Waals surface area contributed by atoms with Crippen LogP contribution in [-0.4, -0.2) is 26.2 Å². The van der Waals surface area contributed by atoms with Crippen molar-refractivity contribution in [3.8, 4) is 11.1 Å². The molecule has 122 valence electrons. The lowest BCUT2D eigenvalue weighted by Gasteiger charge is -2.35. The number of hydrogen-bond donors (Lipinski definition) is 0. The molecule has 2 aliphatic carbocycles. The highest BCUT2D eigenvalue weighted by Gasteiger charge is 2.38. The van der Waals surface area contributed by atoms with Crippen LogP contribution in [0.5, 0.6) is 0 Å². The summed E-state index contributed by atoms with van der Waals surface area (Å²) in [6, 6.07) is 12.0. The Labute approximate surface area is 140 Å². The predicted molar refractivity (Wildman–Crippen MR) is 88.8 cm³/mol. The molecule has 2 aliphatic rings. The molecule has 0 fully saturated rings. The van der Waals surface area contributed by atoms with Crippen molar-refractivity contribution in [1.29, 1.82) is 0 Å². The molecule has 4 heteroatoms. The van der Waals surface area contributed by atoms with E-state index in [4.69, 9.17) is 9.47 Å². The van der Waals surface area contributed by atoms with Crippen molar-refractivity contribution >= 4 is 11.9 Å². The van der Waals surface area contributed by atoms with Crippen molar-refractivity contribution < 1.29 is 19.1 Å². The first-order valence-corrected chi connectivity index (χ1v) is 8.05. The minimum absolute atomic E-state index is 0.213. The normalized spacial score (nSPS) is 20.1. The van der Waals surface area contributed by atoms with Crippen molar-refractivity contribution in [2.24, 2.45) is 0 Å². The van der Waals surface area contributed by atoms with Gasteiger partial charge < -0.3 is 9.47 Å². The molecule has 2 aromatic rings. The van der Waals surface area contributed by atoms with Gasteiger partial charge in [0.05, 0.1) is 26.1 Å². The Morgan fingerprint density at radius 3 is 1.58 bits per heavy atom. The Kier molecular flexibility index (Phi) is 3.41. The van der Waals surface area contributed by atoms with Gasteiger partial charge >= 0.3 is 11.9 Å². The van der Waals surface area contributed by atoms with E-state index in [1.807, 2.05) is 36.4 Å². The summed E-state index contributed by atoms with van der Waals surface area (Å²) in [5, 5.41) is 0. The average molecular weight is 322 g/mol. The Balaban J connectivity index is 1.97. The number of hydrogen-bond acceptors (Lipinski definition) is 4. The fourth-order valence-corrected chi connectivity index (χ4v) is 4.14. The molecule has 0 saturated heterocycles. The van der Waals surface area contributed by atoms with E-state index in [2.05, 4.69) is 0 Å². The van der Waals surface area contributed by atoms with Crippen molar-refractivity contribution in [2.75, 3.05) is 14.2 Å². The number of rotatable bonds is 2. The molecule has 0 radical (unpaired) electrons. The third-order valence-corrected chi connectivity index (χ3v) is 5.19. The summed E-state index contributed by atoms with van der Waals surface area (Å²) < 4.78 is 10.0. The van der Waals surface area contributed by atoms with Crippen LogP contribution in [0.25, 0.3) is 11.1 Å². The maximum atomic E-state index is 12.3. The number of esters is 2. The van der Waals surface area contributed by atoms with Crippen LogP contribution in [0.3, 0.4) is 0 Å². The number of benzene rings is 2. The van der Waals surface area contributed by atoms with Gasteiger partial charge in [0.15, 0.2) is 0 Å². The average Bonchev–Trinajstić information content (AvgIpc) is 2.64. The highest BCUT2D eigenvalue weighted by molar-refractivity contribution is 5.93. The molecule has 0 unspecified atom stereocenters. The van der Waals surface area contributed by atoms with E-state index in [0.717, 1.165) is 33.4 Å². The predicted octanol–water partition coefficient (Wildman–Crippen LogP) is 2.98. The van der Waals surface area contributed by atoms with Crippen LogP contribution in [0.1, 0.15) is 34.1 Å². The standard InChI is InChI=1S/C20H18O4/c1-23-19(21)15-9-11-5-4-8-14-16(20(22)24-2)10-12-6-3-7-13(15)17(12)18(11)14/h3-8,15-16H,9-10H2,1-2H3/t15-,16-/m0/s1. The van der Waals surface area contributed by atoms with Crippen LogP contribution in [0.2, 0.25) is 0 Å². The quantitative estimate of drug-likeness (QED) is 0.798. The van der Waals surface area contributed by atoms with E-state index in [9.17, 15) is 9.59 Å². The molecule has 0 aliphatic heterocycles. The molecule has 4 rings (SSSR count). The minimum atomic E-state index is -0.289. The van der Waals surface area contributed by atoms with Gasteiger partial charge in [0.2, 0.25) is 0 Å². The van der Waals surface area contributed by atoms with Crippen molar-refractivity contribution in [2.45, 2.75) is 24.7 Å². The van der Waals surface area contributed by atoms with Crippen LogP contribution in [-0.2, 0) is 31.9 Å². The third-order valence-electron chi connectivity index (χ3n) is 5.19. The van der Waals surface area contributed by atoms with Gasteiger partial charge in [-0.15, -0.1) is 0 Å². The van der Waals surface area contributed by atoms with E-state index < -0.39 is 0 Å². The van der Waals surface area contributed by atoms with Gasteiger partial charge in [-0.3, -0.25) is 9.59 Å². The van der Waals surface area contributed by atoms with Gasteiger partial charge in [-0.2, -0.15) is 0 Å². The van der Waals surface area contributed by atoms with Gasteiger partial charge in [-0.1, -0.05) is 36.4 Å². The van der Waals surface area contributed by atoms with E-state index in [1.54, 1.807) is 0 Å². The molecular formula is C20H18O4. The zero-order valence-corrected chi connectivity index (χ0v) is 13.7. The zero-order valence-electron chi connectivity index (χ0n) is 13.7. The highest BCUT2D eigenvalue weighted by atomic mass is 16.5. The van der Waals surface area contributed by atoms with Gasteiger partial charge in [0.1, 0.15) is 0 Å². The fraction of sp³-hybridized carbons (Fsp3) is 0.300. The maximum Gasteiger partial charge on any atom is 0.313 e. The van der Waals surface area contributed by atoms with E-state index >= 15 is 0 Å². The molecule has 0 bridgehead atoms. The van der Waals surface area contributed by atoms with Crippen LogP contribution < -0.4 is 0 Å². The van der Waals surface area contributed by atoms with Crippen LogP contribution in [0, 0.1) is 0 Å². The second-order valence-electron chi connectivity index (χ2n) is 6.32. The molecule has 0 spiro atoms. The molecule has 24 heavy (non-hydrogen) atoms. The molecule has 0 saturated carbocycles. The summed E-state index contributed by atoms with van der Waals surface area (Å²) in [5.74, 6) is -1.01. The molecule has 2 atom stereocenters. The largest absolute Gasteiger partial charge is 0.469 e. The summed E-state index contributed by atoms with van der Waals surface area (Å²) in [6.45, 7) is 0. The van der Waals surface area contributed by atoms with Gasteiger partial charge in [0, 0.05) is 0 Å². The SMILES string of the molecule is COC(=O)[C@H]1Cc2cccc3c2-c2c(cccc21)C[C@@H]3C(=O)OC. The first-order chi connectivity index (χ1) is 11.7. The summed E-state index contributed by atoms with van der Waals surface area (Å²) in [6.07, 6.45) is 1.19. The van der Waals surface area contributed by atoms with Crippen molar-refractivity contribution in [3.05, 3.63) is 58.7 Å². The topological polar surface area (TPSA) is 52.6 Å². The Hall–Kier alpha value is -2.62. The first-order valence-electron chi connectivity index (χ1n) is 8.05. The number of carbonyl (C=O) groups excluding carboxylic acids is 2. The number of ether oxygens (including phenoxy) is 2. The number of methoxy groups -OCH3 is 2. The molecule has 0 heterocycles. The highest BCUT2D eigenvalue weighted by Crippen LogP contribution is 2.49. The maximum absolute atomic E-state index is 12.3. The first kappa shape index (κ1) is 14.9. The second kappa shape index (κ2) is 5.48. The smallest absolute Gasteiger partial charge is 0.313 e. The molecular weight excluding hydrogens is 304 g/mol. The van der Waals surface area contributed by atoms with E-state index in [0.29, 0.717) is 12.8 Å². The molecule has 0 aromatic heterocycles. The summed E-state index contributed by atoms with van der Waals surface area (Å²) >= 11 is 0. The second-order valence-corrected chi connectivity index (χ2v) is 6.32. The van der Waals surface area contributed by atoms with Crippen LogP contribution in [0.15, 0.2) is 36.4 Å². The Bertz CT molecular complexity index is 781. The third kappa shape index (κ3) is 1.99. The van der Waals surface area contributed by atoms with Gasteiger partial charge in [-0.05, 0) is 46.2 Å². The lowest BCUT2D eigenvalue weighted by Crippen LogP contribution is -2.27. The van der Waals surface area contributed by atoms with E-state index in [-0.39, 0.29) is 23.8 Å². The lowest BCUT2D eigenvalue weighted by atomic mass is 9.69. The minimum Gasteiger partial charge on any atom is -0.469 e. The molecule has 2 aromatic carbocycles. The monoisotopic (exact) mass is 322 g/mol. The van der Waals surface area contributed by atoms with Crippen LogP contribution >= 0.6 is 0 Å². The molecule has 4 nitrogen and oxygen atoms in total. The van der Waals surface area contributed by atoms with Gasteiger partial charge in [0.25, 0.3) is 0 Å². The van der Waals surface area contributed by atoms with Crippen molar-refractivity contribution in [3.63, 3.8) is 0 Å². The van der Waals surface area contributed by atoms with Gasteiger partial charge in [-0.25, -0.2) is 0 Å². The molecule has 0 N–H and O–H groups in total. The summed E-state index contributed by atoms with van der Waals surface area (Å²) in [5.41, 5.74) is 6.40.